The van der Waals surface area contributed by atoms with Crippen LogP contribution < -0.4 is 0 Å². The van der Waals surface area contributed by atoms with Gasteiger partial charge in [0.1, 0.15) is 5.78 Å². The summed E-state index contributed by atoms with van der Waals surface area (Å²) in [6.07, 6.45) is 8.66. The van der Waals surface area contributed by atoms with E-state index in [4.69, 9.17) is 0 Å². The van der Waals surface area contributed by atoms with Crippen LogP contribution in [0, 0.1) is 17.8 Å². The van der Waals surface area contributed by atoms with Crippen molar-refractivity contribution in [2.75, 3.05) is 0 Å². The normalized spacial score (nSPS) is 41.1. The second-order valence-corrected chi connectivity index (χ2v) is 4.32. The SMILES string of the molecule is CC1CC(=O)C2CC=CCC2C1. The van der Waals surface area contributed by atoms with Gasteiger partial charge in [0.05, 0.1) is 0 Å². The molecule has 0 radical (unpaired) electrons. The molecule has 1 fully saturated rings. The third-order valence-corrected chi connectivity index (χ3v) is 3.23. The summed E-state index contributed by atoms with van der Waals surface area (Å²) >= 11 is 0. The van der Waals surface area contributed by atoms with Gasteiger partial charge in [0.2, 0.25) is 0 Å². The second-order valence-electron chi connectivity index (χ2n) is 4.32. The van der Waals surface area contributed by atoms with Gasteiger partial charge in [-0.1, -0.05) is 19.1 Å². The van der Waals surface area contributed by atoms with Gasteiger partial charge in [0.25, 0.3) is 0 Å². The number of hydrogen-bond donors (Lipinski definition) is 0. The average Bonchev–Trinajstić information content (AvgIpc) is 2.04. The smallest absolute Gasteiger partial charge is 0.136 e. The van der Waals surface area contributed by atoms with E-state index in [9.17, 15) is 4.79 Å². The molecule has 0 spiro atoms. The molecule has 2 aliphatic carbocycles. The third-order valence-electron chi connectivity index (χ3n) is 3.23. The Morgan fingerprint density at radius 2 is 2.08 bits per heavy atom. The molecule has 66 valence electrons. The zero-order valence-electron chi connectivity index (χ0n) is 7.62. The van der Waals surface area contributed by atoms with E-state index in [2.05, 4.69) is 19.1 Å². The predicted octanol–water partition coefficient (Wildman–Crippen LogP) is 2.57. The number of Topliss-reactive ketones (excluding diaryl/α,β-unsaturated/α-hetero) is 1. The fourth-order valence-electron chi connectivity index (χ4n) is 2.62. The molecule has 0 amide bonds. The van der Waals surface area contributed by atoms with Crippen LogP contribution in [0.3, 0.4) is 0 Å². The molecule has 0 aromatic heterocycles. The first-order chi connectivity index (χ1) is 5.77. The number of hydrogen-bond acceptors (Lipinski definition) is 1. The van der Waals surface area contributed by atoms with Crippen LogP contribution in [0.2, 0.25) is 0 Å². The Labute approximate surface area is 73.8 Å². The van der Waals surface area contributed by atoms with E-state index in [0.717, 1.165) is 19.3 Å². The Hall–Kier alpha value is -0.590. The minimum absolute atomic E-state index is 0.381. The number of rotatable bonds is 0. The number of carbonyl (C=O) groups is 1. The molecule has 0 aromatic rings. The van der Waals surface area contributed by atoms with Gasteiger partial charge in [-0.15, -0.1) is 0 Å². The highest BCUT2D eigenvalue weighted by Crippen LogP contribution is 2.37. The zero-order valence-corrected chi connectivity index (χ0v) is 7.62. The highest BCUT2D eigenvalue weighted by Gasteiger charge is 2.34. The number of ketones is 1. The minimum atomic E-state index is 0.381. The molecule has 0 N–H and O–H groups in total. The summed E-state index contributed by atoms with van der Waals surface area (Å²) in [5.74, 6) is 2.20. The second kappa shape index (κ2) is 3.04. The molecular formula is C11H16O. The van der Waals surface area contributed by atoms with Crippen molar-refractivity contribution in [2.24, 2.45) is 17.8 Å². The van der Waals surface area contributed by atoms with Gasteiger partial charge in [-0.2, -0.15) is 0 Å². The van der Waals surface area contributed by atoms with Gasteiger partial charge in [-0.3, -0.25) is 4.79 Å². The third kappa shape index (κ3) is 1.33. The number of allylic oxidation sites excluding steroid dienone is 2. The van der Waals surface area contributed by atoms with E-state index in [1.54, 1.807) is 0 Å². The maximum atomic E-state index is 11.6. The van der Waals surface area contributed by atoms with E-state index in [1.165, 1.54) is 6.42 Å². The van der Waals surface area contributed by atoms with Crippen molar-refractivity contribution < 1.29 is 4.79 Å². The van der Waals surface area contributed by atoms with Crippen molar-refractivity contribution in [3.63, 3.8) is 0 Å². The summed E-state index contributed by atoms with van der Waals surface area (Å²) in [7, 11) is 0. The number of fused-ring (bicyclic) bond motifs is 1. The van der Waals surface area contributed by atoms with E-state index < -0.39 is 0 Å². The topological polar surface area (TPSA) is 17.1 Å². The van der Waals surface area contributed by atoms with Crippen molar-refractivity contribution in [2.45, 2.75) is 32.6 Å². The minimum Gasteiger partial charge on any atom is -0.299 e. The molecule has 3 atom stereocenters. The van der Waals surface area contributed by atoms with Gasteiger partial charge >= 0.3 is 0 Å². The van der Waals surface area contributed by atoms with Crippen molar-refractivity contribution in [1.82, 2.24) is 0 Å². The maximum absolute atomic E-state index is 11.6. The maximum Gasteiger partial charge on any atom is 0.136 e. The van der Waals surface area contributed by atoms with Crippen LogP contribution in [0.15, 0.2) is 12.2 Å². The standard InChI is InChI=1S/C11H16O/c1-8-6-9-4-2-3-5-10(9)11(12)7-8/h2-3,8-10H,4-7H2,1H3. The van der Waals surface area contributed by atoms with Crippen molar-refractivity contribution in [3.05, 3.63) is 12.2 Å². The Balaban J connectivity index is 2.13. The molecule has 1 nitrogen and oxygen atoms in total. The molecule has 3 unspecified atom stereocenters. The van der Waals surface area contributed by atoms with E-state index >= 15 is 0 Å². The quantitative estimate of drug-likeness (QED) is 0.503. The van der Waals surface area contributed by atoms with E-state index in [1.807, 2.05) is 0 Å². The van der Waals surface area contributed by atoms with Crippen LogP contribution in [0.4, 0.5) is 0 Å². The van der Waals surface area contributed by atoms with Gasteiger partial charge in [-0.25, -0.2) is 0 Å². The molecule has 0 heterocycles. The Morgan fingerprint density at radius 1 is 1.33 bits per heavy atom. The molecule has 0 saturated heterocycles. The lowest BCUT2D eigenvalue weighted by Crippen LogP contribution is -2.32. The van der Waals surface area contributed by atoms with Crippen LogP contribution in [0.1, 0.15) is 32.6 Å². The zero-order chi connectivity index (χ0) is 8.55. The van der Waals surface area contributed by atoms with Gasteiger partial charge in [-0.05, 0) is 31.1 Å². The van der Waals surface area contributed by atoms with Crippen molar-refractivity contribution in [3.8, 4) is 0 Å². The highest BCUT2D eigenvalue weighted by molar-refractivity contribution is 5.82. The van der Waals surface area contributed by atoms with Crippen LogP contribution in [-0.4, -0.2) is 5.78 Å². The first kappa shape index (κ1) is 8.03. The fraction of sp³-hybridized carbons (Fsp3) is 0.727. The summed E-state index contributed by atoms with van der Waals surface area (Å²) in [4.78, 5) is 11.6. The van der Waals surface area contributed by atoms with Crippen LogP contribution in [-0.2, 0) is 4.79 Å². The van der Waals surface area contributed by atoms with Gasteiger partial charge in [0, 0.05) is 12.3 Å². The summed E-state index contributed by atoms with van der Waals surface area (Å²) in [6, 6.07) is 0. The lowest BCUT2D eigenvalue weighted by molar-refractivity contribution is -0.128. The fourth-order valence-corrected chi connectivity index (χ4v) is 2.62. The molecule has 1 heteroatoms. The molecular weight excluding hydrogens is 148 g/mol. The summed E-state index contributed by atoms with van der Waals surface area (Å²) < 4.78 is 0. The monoisotopic (exact) mass is 164 g/mol. The lowest BCUT2D eigenvalue weighted by atomic mass is 9.69. The molecule has 1 saturated carbocycles. The van der Waals surface area contributed by atoms with Gasteiger partial charge in [0.15, 0.2) is 0 Å². The average molecular weight is 164 g/mol. The first-order valence-corrected chi connectivity index (χ1v) is 4.95. The summed E-state index contributed by atoms with van der Waals surface area (Å²) in [5, 5.41) is 0. The van der Waals surface area contributed by atoms with Crippen molar-refractivity contribution in [1.29, 1.82) is 0 Å². The largest absolute Gasteiger partial charge is 0.299 e. The molecule has 12 heavy (non-hydrogen) atoms. The Morgan fingerprint density at radius 3 is 2.92 bits per heavy atom. The lowest BCUT2D eigenvalue weighted by Gasteiger charge is -2.34. The van der Waals surface area contributed by atoms with Crippen LogP contribution in [0.25, 0.3) is 0 Å². The Bertz CT molecular complexity index is 217. The summed E-state index contributed by atoms with van der Waals surface area (Å²) in [6.45, 7) is 2.20. The molecule has 0 aliphatic heterocycles. The molecule has 0 bridgehead atoms. The van der Waals surface area contributed by atoms with E-state index in [-0.39, 0.29) is 0 Å². The molecule has 0 aromatic carbocycles. The van der Waals surface area contributed by atoms with Crippen molar-refractivity contribution >= 4 is 5.78 Å². The first-order valence-electron chi connectivity index (χ1n) is 4.95. The predicted molar refractivity (Wildman–Crippen MR) is 48.8 cm³/mol. The van der Waals surface area contributed by atoms with E-state index in [0.29, 0.717) is 23.5 Å². The number of carbonyl (C=O) groups excluding carboxylic acids is 1. The summed E-state index contributed by atoms with van der Waals surface area (Å²) in [5.41, 5.74) is 0. The van der Waals surface area contributed by atoms with Gasteiger partial charge < -0.3 is 0 Å². The molecule has 2 aliphatic rings. The highest BCUT2D eigenvalue weighted by atomic mass is 16.1. The van der Waals surface area contributed by atoms with Crippen LogP contribution in [0.5, 0.6) is 0 Å². The molecule has 2 rings (SSSR count). The van der Waals surface area contributed by atoms with Crippen LogP contribution >= 0.6 is 0 Å². The Kier molecular flexibility index (Phi) is 2.03.